The first-order valence-electron chi connectivity index (χ1n) is 11.1. The van der Waals surface area contributed by atoms with Crippen LogP contribution < -0.4 is 11.1 Å². The van der Waals surface area contributed by atoms with Crippen molar-refractivity contribution in [2.24, 2.45) is 5.73 Å². The topological polar surface area (TPSA) is 121 Å². The van der Waals surface area contributed by atoms with Crippen molar-refractivity contribution in [2.45, 2.75) is 38.0 Å². The van der Waals surface area contributed by atoms with Gasteiger partial charge in [-0.05, 0) is 48.9 Å². The molecule has 178 valence electrons. The van der Waals surface area contributed by atoms with Crippen molar-refractivity contribution < 1.29 is 23.5 Å². The zero-order chi connectivity index (χ0) is 24.1. The number of aromatic nitrogens is 3. The fourth-order valence-corrected chi connectivity index (χ4v) is 3.92. The molecule has 4 rings (SSSR count). The van der Waals surface area contributed by atoms with Gasteiger partial charge >= 0.3 is 0 Å². The summed E-state index contributed by atoms with van der Waals surface area (Å²) in [6.07, 6.45) is 5.23. The van der Waals surface area contributed by atoms with Crippen molar-refractivity contribution in [2.75, 3.05) is 13.2 Å². The largest absolute Gasteiger partial charge is 0.365 e. The molecule has 1 unspecified atom stereocenters. The van der Waals surface area contributed by atoms with Crippen LogP contribution in [0.5, 0.6) is 0 Å². The SMILES string of the molecule is CCCCC(NC(=O)c1cccnc1-n1ccc(-c2ccc(F)cc2)n1)C1(C(N)=O)OCCO1. The van der Waals surface area contributed by atoms with Crippen molar-refractivity contribution >= 4 is 11.8 Å². The van der Waals surface area contributed by atoms with E-state index in [1.165, 1.54) is 16.8 Å². The average Bonchev–Trinajstić information content (AvgIpc) is 3.53. The predicted molar refractivity (Wildman–Crippen MR) is 121 cm³/mol. The van der Waals surface area contributed by atoms with Crippen LogP contribution in [-0.2, 0) is 14.3 Å². The molecule has 3 N–H and O–H groups in total. The van der Waals surface area contributed by atoms with E-state index >= 15 is 0 Å². The Bertz CT molecular complexity index is 1160. The van der Waals surface area contributed by atoms with E-state index in [-0.39, 0.29) is 24.6 Å². The summed E-state index contributed by atoms with van der Waals surface area (Å²) in [5, 5.41) is 7.37. The van der Waals surface area contributed by atoms with Crippen molar-refractivity contribution in [3.63, 3.8) is 0 Å². The van der Waals surface area contributed by atoms with Gasteiger partial charge in [0.05, 0.1) is 30.5 Å². The fraction of sp³-hybridized carbons (Fsp3) is 0.333. The van der Waals surface area contributed by atoms with E-state index in [0.29, 0.717) is 17.9 Å². The summed E-state index contributed by atoms with van der Waals surface area (Å²) in [5.41, 5.74) is 7.18. The number of hydrogen-bond donors (Lipinski definition) is 2. The van der Waals surface area contributed by atoms with Crippen LogP contribution in [0, 0.1) is 5.82 Å². The van der Waals surface area contributed by atoms with Crippen LogP contribution in [0.2, 0.25) is 0 Å². The molecule has 0 saturated carbocycles. The first-order valence-corrected chi connectivity index (χ1v) is 11.1. The van der Waals surface area contributed by atoms with Gasteiger partial charge in [-0.25, -0.2) is 14.1 Å². The number of rotatable bonds is 9. The van der Waals surface area contributed by atoms with Gasteiger partial charge < -0.3 is 20.5 Å². The molecule has 10 heteroatoms. The van der Waals surface area contributed by atoms with Crippen molar-refractivity contribution in [1.29, 1.82) is 0 Å². The minimum Gasteiger partial charge on any atom is -0.365 e. The standard InChI is InChI=1S/C24H26FN5O4/c1-2-3-6-20(24(23(26)32)33-14-15-34-24)28-22(31)18-5-4-12-27-21(18)30-13-11-19(29-30)16-7-9-17(25)10-8-16/h4-5,7-13,20H,2-3,6,14-15H2,1H3,(H2,26,32)(H,28,31). The molecule has 1 saturated heterocycles. The number of benzene rings is 1. The number of carbonyl (C=O) groups is 2. The first-order chi connectivity index (χ1) is 16.4. The Kier molecular flexibility index (Phi) is 6.99. The first kappa shape index (κ1) is 23.5. The summed E-state index contributed by atoms with van der Waals surface area (Å²) in [6, 6.07) is 10.2. The third-order valence-corrected chi connectivity index (χ3v) is 5.65. The smallest absolute Gasteiger partial charge is 0.280 e. The van der Waals surface area contributed by atoms with Crippen LogP contribution in [0.3, 0.4) is 0 Å². The third kappa shape index (κ3) is 4.68. The Morgan fingerprint density at radius 2 is 1.94 bits per heavy atom. The molecule has 34 heavy (non-hydrogen) atoms. The normalized spacial score (nSPS) is 15.7. The number of primary amides is 1. The second-order valence-corrected chi connectivity index (χ2v) is 7.92. The van der Waals surface area contributed by atoms with Crippen molar-refractivity contribution in [1.82, 2.24) is 20.1 Å². The Morgan fingerprint density at radius 3 is 2.62 bits per heavy atom. The molecule has 1 aliphatic heterocycles. The average molecular weight is 468 g/mol. The van der Waals surface area contributed by atoms with Crippen LogP contribution in [0.1, 0.15) is 36.5 Å². The van der Waals surface area contributed by atoms with E-state index in [1.54, 1.807) is 42.7 Å². The Balaban J connectivity index is 1.62. The highest BCUT2D eigenvalue weighted by atomic mass is 19.1. The number of halogens is 1. The fourth-order valence-electron chi connectivity index (χ4n) is 3.92. The van der Waals surface area contributed by atoms with Gasteiger partial charge in [-0.3, -0.25) is 9.59 Å². The highest BCUT2D eigenvalue weighted by Gasteiger charge is 2.50. The second-order valence-electron chi connectivity index (χ2n) is 7.92. The number of carbonyl (C=O) groups excluding carboxylic acids is 2. The van der Waals surface area contributed by atoms with Gasteiger partial charge in [0.15, 0.2) is 5.82 Å². The molecule has 3 aromatic rings. The highest BCUT2D eigenvalue weighted by molar-refractivity contribution is 5.98. The quantitative estimate of drug-likeness (QED) is 0.499. The molecule has 3 heterocycles. The predicted octanol–water partition coefficient (Wildman–Crippen LogP) is 2.59. The van der Waals surface area contributed by atoms with Gasteiger partial charge in [0.25, 0.3) is 17.6 Å². The number of unbranched alkanes of at least 4 members (excludes halogenated alkanes) is 1. The number of ether oxygens (including phenoxy) is 2. The van der Waals surface area contributed by atoms with Gasteiger partial charge in [0, 0.05) is 18.0 Å². The molecular weight excluding hydrogens is 441 g/mol. The monoisotopic (exact) mass is 467 g/mol. The lowest BCUT2D eigenvalue weighted by molar-refractivity contribution is -0.190. The summed E-state index contributed by atoms with van der Waals surface area (Å²) in [5.74, 6) is -3.01. The molecule has 1 atom stereocenters. The van der Waals surface area contributed by atoms with Crippen LogP contribution in [0.4, 0.5) is 4.39 Å². The van der Waals surface area contributed by atoms with E-state index in [2.05, 4.69) is 15.4 Å². The Labute approximate surface area is 196 Å². The summed E-state index contributed by atoms with van der Waals surface area (Å²) in [4.78, 5) is 30.0. The summed E-state index contributed by atoms with van der Waals surface area (Å²) < 4.78 is 25.9. The van der Waals surface area contributed by atoms with Crippen LogP contribution in [0.15, 0.2) is 54.9 Å². The number of nitrogens with zero attached hydrogens (tertiary/aromatic N) is 3. The minimum absolute atomic E-state index is 0.207. The molecule has 0 spiro atoms. The van der Waals surface area contributed by atoms with E-state index in [4.69, 9.17) is 15.2 Å². The molecule has 2 aromatic heterocycles. The zero-order valence-corrected chi connectivity index (χ0v) is 18.7. The molecule has 1 aliphatic rings. The number of nitrogens with two attached hydrogens (primary N) is 1. The third-order valence-electron chi connectivity index (χ3n) is 5.65. The number of nitrogens with one attached hydrogen (secondary N) is 1. The summed E-state index contributed by atoms with van der Waals surface area (Å²) >= 11 is 0. The summed E-state index contributed by atoms with van der Waals surface area (Å²) in [6.45, 7) is 2.42. The molecular formula is C24H26FN5O4. The maximum absolute atomic E-state index is 13.4. The van der Waals surface area contributed by atoms with Gasteiger partial charge in [-0.2, -0.15) is 5.10 Å². The number of pyridine rings is 1. The van der Waals surface area contributed by atoms with Gasteiger partial charge in [0.1, 0.15) is 5.82 Å². The van der Waals surface area contributed by atoms with Crippen molar-refractivity contribution in [3.8, 4) is 17.1 Å². The van der Waals surface area contributed by atoms with E-state index < -0.39 is 23.6 Å². The van der Waals surface area contributed by atoms with Gasteiger partial charge in [-0.15, -0.1) is 0 Å². The Morgan fingerprint density at radius 1 is 1.21 bits per heavy atom. The maximum Gasteiger partial charge on any atom is 0.280 e. The van der Waals surface area contributed by atoms with Crippen molar-refractivity contribution in [3.05, 3.63) is 66.2 Å². The second kappa shape index (κ2) is 10.1. The molecule has 1 aromatic carbocycles. The maximum atomic E-state index is 13.4. The van der Waals surface area contributed by atoms with Gasteiger partial charge in [-0.1, -0.05) is 19.8 Å². The number of amides is 2. The molecule has 1 fully saturated rings. The van der Waals surface area contributed by atoms with Gasteiger partial charge in [0.2, 0.25) is 0 Å². The molecule has 0 radical (unpaired) electrons. The molecule has 9 nitrogen and oxygen atoms in total. The minimum atomic E-state index is -1.71. The van der Waals surface area contributed by atoms with Crippen LogP contribution in [-0.4, -0.2) is 51.6 Å². The molecule has 2 amide bonds. The lowest BCUT2D eigenvalue weighted by Crippen LogP contribution is -2.60. The lowest BCUT2D eigenvalue weighted by Gasteiger charge is -2.33. The molecule has 0 bridgehead atoms. The summed E-state index contributed by atoms with van der Waals surface area (Å²) in [7, 11) is 0. The number of hydrogen-bond acceptors (Lipinski definition) is 6. The van der Waals surface area contributed by atoms with E-state index in [9.17, 15) is 14.0 Å². The van der Waals surface area contributed by atoms with Crippen LogP contribution in [0.25, 0.3) is 17.1 Å². The zero-order valence-electron chi connectivity index (χ0n) is 18.7. The van der Waals surface area contributed by atoms with E-state index in [1.807, 2.05) is 6.92 Å². The Hall–Kier alpha value is -3.63. The molecule has 0 aliphatic carbocycles. The van der Waals surface area contributed by atoms with Crippen LogP contribution >= 0.6 is 0 Å². The van der Waals surface area contributed by atoms with E-state index in [0.717, 1.165) is 18.4 Å². The highest BCUT2D eigenvalue weighted by Crippen LogP contribution is 2.27. The lowest BCUT2D eigenvalue weighted by atomic mass is 9.99.